The Balaban J connectivity index is 1.00. The molecular formula is C32H42FN5O2S. The number of nitrogens with zero attached hydrogens (tertiary/aromatic N) is 4. The highest BCUT2D eigenvalue weighted by Crippen LogP contribution is 2.44. The first kappa shape index (κ1) is 28.5. The maximum atomic E-state index is 13.6. The van der Waals surface area contributed by atoms with Gasteiger partial charge in [-0.25, -0.2) is 27.5 Å². The number of hydrogen-bond donors (Lipinski definition) is 1. The van der Waals surface area contributed by atoms with Crippen LogP contribution in [0.3, 0.4) is 0 Å². The summed E-state index contributed by atoms with van der Waals surface area (Å²) < 4.78 is 40.3. The number of benzene rings is 2. The highest BCUT2D eigenvalue weighted by molar-refractivity contribution is 7.89. The van der Waals surface area contributed by atoms with Crippen molar-refractivity contribution in [1.29, 1.82) is 0 Å². The molecule has 0 radical (unpaired) electrons. The van der Waals surface area contributed by atoms with Crippen LogP contribution < -0.4 is 9.62 Å². The molecule has 0 bridgehead atoms. The lowest BCUT2D eigenvalue weighted by atomic mass is 9.71. The van der Waals surface area contributed by atoms with Crippen molar-refractivity contribution in [2.24, 2.45) is 11.3 Å². The van der Waals surface area contributed by atoms with Crippen molar-refractivity contribution in [2.75, 3.05) is 43.4 Å². The summed E-state index contributed by atoms with van der Waals surface area (Å²) in [5, 5.41) is 1.10. The van der Waals surface area contributed by atoms with Gasteiger partial charge in [-0.05, 0) is 113 Å². The molecule has 1 aliphatic carbocycles. The van der Waals surface area contributed by atoms with Gasteiger partial charge in [0, 0.05) is 36.5 Å². The predicted octanol–water partition coefficient (Wildman–Crippen LogP) is 4.95. The van der Waals surface area contributed by atoms with Crippen LogP contribution in [0.1, 0.15) is 56.6 Å². The normalized spacial score (nSPS) is 23.1. The molecule has 3 aromatic rings. The molecule has 0 amide bonds. The molecule has 2 saturated heterocycles. The predicted molar refractivity (Wildman–Crippen MR) is 162 cm³/mol. The van der Waals surface area contributed by atoms with E-state index in [2.05, 4.69) is 37.7 Å². The number of fused-ring (bicyclic) bond motifs is 1. The number of sulfonamides is 1. The van der Waals surface area contributed by atoms with Gasteiger partial charge in [-0.15, -0.1) is 0 Å². The van der Waals surface area contributed by atoms with Crippen molar-refractivity contribution in [1.82, 2.24) is 19.6 Å². The summed E-state index contributed by atoms with van der Waals surface area (Å²) in [6, 6.07) is 13.4. The summed E-state index contributed by atoms with van der Waals surface area (Å²) in [5.41, 5.74) is 3.58. The number of rotatable bonds is 9. The van der Waals surface area contributed by atoms with Crippen LogP contribution in [-0.4, -0.2) is 67.8 Å². The first-order chi connectivity index (χ1) is 19.8. The van der Waals surface area contributed by atoms with E-state index in [4.69, 9.17) is 4.98 Å². The minimum Gasteiger partial charge on any atom is -0.355 e. The number of piperidine rings is 1. The molecule has 1 saturated carbocycles. The van der Waals surface area contributed by atoms with Crippen LogP contribution in [0.2, 0.25) is 0 Å². The van der Waals surface area contributed by atoms with Gasteiger partial charge in [-0.2, -0.15) is 0 Å². The third-order valence-electron chi connectivity index (χ3n) is 9.63. The van der Waals surface area contributed by atoms with Crippen LogP contribution in [0.15, 0.2) is 48.8 Å². The monoisotopic (exact) mass is 579 g/mol. The van der Waals surface area contributed by atoms with Gasteiger partial charge in [0.15, 0.2) is 0 Å². The van der Waals surface area contributed by atoms with Gasteiger partial charge >= 0.3 is 0 Å². The van der Waals surface area contributed by atoms with Crippen molar-refractivity contribution in [3.05, 3.63) is 65.7 Å². The Morgan fingerprint density at radius 3 is 2.41 bits per heavy atom. The van der Waals surface area contributed by atoms with Gasteiger partial charge in [-0.3, -0.25) is 0 Å². The van der Waals surface area contributed by atoms with Crippen molar-refractivity contribution in [3.63, 3.8) is 0 Å². The molecule has 6 rings (SSSR count). The quantitative estimate of drug-likeness (QED) is 0.386. The number of aromatic nitrogens is 2. The lowest BCUT2D eigenvalue weighted by Gasteiger charge is -2.55. The van der Waals surface area contributed by atoms with Crippen LogP contribution in [0.4, 0.5) is 10.2 Å². The molecular weight excluding hydrogens is 537 g/mol. The van der Waals surface area contributed by atoms with Gasteiger partial charge in [0.1, 0.15) is 18.0 Å². The zero-order valence-corrected chi connectivity index (χ0v) is 24.9. The Morgan fingerprint density at radius 2 is 1.71 bits per heavy atom. The van der Waals surface area contributed by atoms with E-state index in [-0.39, 0.29) is 17.6 Å². The Labute approximate surface area is 243 Å². The molecule has 2 aliphatic heterocycles. The molecule has 1 spiro atoms. The zero-order valence-electron chi connectivity index (χ0n) is 24.1. The lowest BCUT2D eigenvalue weighted by Crippen LogP contribution is -2.61. The van der Waals surface area contributed by atoms with Crippen LogP contribution in [-0.2, 0) is 22.9 Å². The molecule has 9 heteroatoms. The fourth-order valence-electron chi connectivity index (χ4n) is 7.08. The van der Waals surface area contributed by atoms with E-state index in [0.717, 1.165) is 93.5 Å². The molecule has 2 aromatic carbocycles. The highest BCUT2D eigenvalue weighted by Gasteiger charge is 2.46. The van der Waals surface area contributed by atoms with E-state index in [1.807, 2.05) is 6.07 Å². The van der Waals surface area contributed by atoms with Crippen molar-refractivity contribution in [3.8, 4) is 0 Å². The Kier molecular flexibility index (Phi) is 8.30. The minimum atomic E-state index is -3.11. The summed E-state index contributed by atoms with van der Waals surface area (Å²) in [7, 11) is -3.11. The van der Waals surface area contributed by atoms with E-state index < -0.39 is 10.0 Å². The number of halogens is 1. The number of hydrogen-bond acceptors (Lipinski definition) is 6. The second-order valence-electron chi connectivity index (χ2n) is 12.6. The zero-order chi connectivity index (χ0) is 28.5. The van der Waals surface area contributed by atoms with Gasteiger partial charge < -0.3 is 9.80 Å². The largest absolute Gasteiger partial charge is 0.355 e. The maximum Gasteiger partial charge on any atom is 0.211 e. The second-order valence-corrected chi connectivity index (χ2v) is 14.6. The summed E-state index contributed by atoms with van der Waals surface area (Å²) in [6.07, 6.45) is 9.90. The molecule has 1 N–H and O–H groups in total. The topological polar surface area (TPSA) is 78.4 Å². The minimum absolute atomic E-state index is 0.115. The molecule has 0 atom stereocenters. The second kappa shape index (κ2) is 11.9. The Hall–Kier alpha value is -2.62. The van der Waals surface area contributed by atoms with Crippen LogP contribution in [0.5, 0.6) is 0 Å². The Morgan fingerprint density at radius 1 is 0.976 bits per heavy atom. The van der Waals surface area contributed by atoms with E-state index in [0.29, 0.717) is 11.3 Å². The average molecular weight is 580 g/mol. The molecule has 7 nitrogen and oxygen atoms in total. The van der Waals surface area contributed by atoms with Gasteiger partial charge in [0.25, 0.3) is 0 Å². The van der Waals surface area contributed by atoms with Gasteiger partial charge in [0.2, 0.25) is 10.0 Å². The lowest BCUT2D eigenvalue weighted by molar-refractivity contribution is 0.0621. The first-order valence-electron chi connectivity index (χ1n) is 15.3. The highest BCUT2D eigenvalue weighted by atomic mass is 32.2. The van der Waals surface area contributed by atoms with Gasteiger partial charge in [0.05, 0.1) is 11.3 Å². The summed E-state index contributed by atoms with van der Waals surface area (Å²) in [5.74, 6) is 1.68. The number of likely N-dealkylation sites (tertiary alicyclic amines) is 1. The third-order valence-corrected chi connectivity index (χ3v) is 11.1. The average Bonchev–Trinajstić information content (AvgIpc) is 2.96. The standard InChI is InChI=1S/C32H42FN5O2S/c1-2-41(39,40)36-28-11-8-26(9-12-28)20-37-16-14-32(15-17-37)21-38(22-32)31-29-19-25(10-13-30(29)34-23-35-31)7-6-24-4-3-5-27(33)18-24/h3-5,10,13,18-19,23,26,28,36H,2,6-9,11-12,14-17,20-22H2,1H3. The van der Waals surface area contributed by atoms with E-state index >= 15 is 0 Å². The maximum absolute atomic E-state index is 13.6. The SMILES string of the molecule is CCS(=O)(=O)NC1CCC(CN2CCC3(CC2)CN(c2ncnc4ccc(CCc5cccc(F)c5)cc24)C3)CC1. The van der Waals surface area contributed by atoms with Crippen molar-refractivity contribution < 1.29 is 12.8 Å². The van der Waals surface area contributed by atoms with Crippen molar-refractivity contribution >= 4 is 26.7 Å². The fourth-order valence-corrected chi connectivity index (χ4v) is 7.99. The fraction of sp³-hybridized carbons (Fsp3) is 0.562. The summed E-state index contributed by atoms with van der Waals surface area (Å²) in [6.45, 7) is 7.22. The molecule has 1 aromatic heterocycles. The molecule has 3 aliphatic rings. The van der Waals surface area contributed by atoms with Gasteiger partial charge in [-0.1, -0.05) is 18.2 Å². The number of nitrogens with one attached hydrogen (secondary N) is 1. The Bertz CT molecular complexity index is 1460. The number of anilines is 1. The first-order valence-corrected chi connectivity index (χ1v) is 16.9. The summed E-state index contributed by atoms with van der Waals surface area (Å²) >= 11 is 0. The number of aryl methyl sites for hydroxylation is 2. The smallest absolute Gasteiger partial charge is 0.211 e. The molecule has 3 fully saturated rings. The van der Waals surface area contributed by atoms with E-state index in [9.17, 15) is 12.8 Å². The van der Waals surface area contributed by atoms with E-state index in [1.54, 1.807) is 25.4 Å². The van der Waals surface area contributed by atoms with Crippen molar-refractivity contribution in [2.45, 2.75) is 64.3 Å². The van der Waals surface area contributed by atoms with E-state index in [1.165, 1.54) is 24.5 Å². The van der Waals surface area contributed by atoms with Crippen LogP contribution in [0, 0.1) is 17.2 Å². The summed E-state index contributed by atoms with van der Waals surface area (Å²) in [4.78, 5) is 14.3. The molecule has 3 heterocycles. The third kappa shape index (κ3) is 6.73. The molecule has 220 valence electrons. The van der Waals surface area contributed by atoms with Crippen LogP contribution >= 0.6 is 0 Å². The molecule has 41 heavy (non-hydrogen) atoms. The molecule has 0 unspecified atom stereocenters. The van der Waals surface area contributed by atoms with Crippen LogP contribution in [0.25, 0.3) is 10.9 Å².